The van der Waals surface area contributed by atoms with Crippen LogP contribution < -0.4 is 19.7 Å². The van der Waals surface area contributed by atoms with Crippen molar-refractivity contribution >= 4 is 35.1 Å². The van der Waals surface area contributed by atoms with Crippen molar-refractivity contribution in [2.24, 2.45) is 0 Å². The lowest BCUT2D eigenvalue weighted by atomic mass is 10.1. The van der Waals surface area contributed by atoms with Crippen LogP contribution >= 0.6 is 11.6 Å². The molecule has 8 heteroatoms. The van der Waals surface area contributed by atoms with E-state index < -0.39 is 0 Å². The summed E-state index contributed by atoms with van der Waals surface area (Å²) in [5.74, 6) is 0.828. The van der Waals surface area contributed by atoms with Crippen LogP contribution in [0.4, 0.5) is 5.69 Å². The minimum atomic E-state index is -0.300. The van der Waals surface area contributed by atoms with Gasteiger partial charge in [0.2, 0.25) is 5.70 Å². The van der Waals surface area contributed by atoms with Gasteiger partial charge in [-0.05, 0) is 69.6 Å². The van der Waals surface area contributed by atoms with Gasteiger partial charge in [-0.3, -0.25) is 25.3 Å². The van der Waals surface area contributed by atoms with Crippen LogP contribution in [0.1, 0.15) is 32.3 Å². The van der Waals surface area contributed by atoms with Crippen LogP contribution in [-0.2, 0) is 4.79 Å². The van der Waals surface area contributed by atoms with E-state index >= 15 is 0 Å². The zero-order valence-corrected chi connectivity index (χ0v) is 21.1. The van der Waals surface area contributed by atoms with Crippen LogP contribution in [0.5, 0.6) is 11.5 Å². The molecule has 0 aliphatic carbocycles. The van der Waals surface area contributed by atoms with Gasteiger partial charge in [0.25, 0.3) is 0 Å². The zero-order chi connectivity index (χ0) is 25.0. The lowest BCUT2D eigenvalue weighted by molar-refractivity contribution is -0.523. The fraction of sp³-hybridized carbons (Fsp3) is 0.333. The maximum atomic E-state index is 13.2. The van der Waals surface area contributed by atoms with Gasteiger partial charge in [0.15, 0.2) is 11.5 Å². The van der Waals surface area contributed by atoms with Gasteiger partial charge < -0.3 is 9.47 Å². The standard InChI is InChI=1S/C27H31ClN4O3/c1-27(2,31-12-4-5-13-31)17-35-24-11-10-22(15-25(24)34-3)32(18-29)26(33)23-14-20(16-30-23)19-6-8-21(28)9-7-19/h6-11,14-16,18,29-30H,4-5,12-13,17H2,1-3H3/p+1. The predicted octanol–water partition coefficient (Wildman–Crippen LogP) is 4.04. The van der Waals surface area contributed by atoms with E-state index in [0.29, 0.717) is 34.5 Å². The van der Waals surface area contributed by atoms with Crippen molar-refractivity contribution < 1.29 is 19.6 Å². The Morgan fingerprint density at radius 1 is 1.17 bits per heavy atom. The molecule has 35 heavy (non-hydrogen) atoms. The number of rotatable bonds is 9. The van der Waals surface area contributed by atoms with Gasteiger partial charge >= 0.3 is 5.91 Å². The van der Waals surface area contributed by atoms with E-state index in [1.54, 1.807) is 30.6 Å². The number of likely N-dealkylation sites (tertiary alicyclic amines) is 1. The minimum Gasteiger partial charge on any atom is -0.493 e. The van der Waals surface area contributed by atoms with Gasteiger partial charge in [0.1, 0.15) is 12.8 Å². The summed E-state index contributed by atoms with van der Waals surface area (Å²) < 4.78 is 11.7. The molecule has 0 aromatic heterocycles. The Bertz CT molecular complexity index is 1150. The molecular weight excluding hydrogens is 464 g/mol. The summed E-state index contributed by atoms with van der Waals surface area (Å²) in [4.78, 5) is 17.0. The molecule has 4 rings (SSSR count). The normalized spacial score (nSPS) is 16.0. The Labute approximate surface area is 211 Å². The first-order valence-electron chi connectivity index (χ1n) is 11.7. The third-order valence-electron chi connectivity index (χ3n) is 6.49. The van der Waals surface area contributed by atoms with Gasteiger partial charge in [0, 0.05) is 28.3 Å². The van der Waals surface area contributed by atoms with Crippen molar-refractivity contribution in [3.05, 3.63) is 71.0 Å². The molecule has 0 unspecified atom stereocenters. The number of carbonyl (C=O) groups is 1. The number of halogens is 1. The van der Waals surface area contributed by atoms with Crippen LogP contribution in [0.15, 0.2) is 60.4 Å². The average molecular weight is 496 g/mol. The van der Waals surface area contributed by atoms with Gasteiger partial charge in [-0.25, -0.2) is 0 Å². The molecule has 0 radical (unpaired) electrons. The molecule has 1 amide bonds. The molecule has 184 valence electrons. The maximum Gasteiger partial charge on any atom is 0.317 e. The number of allylic oxidation sites excluding steroid dienone is 2. The molecule has 2 aliphatic heterocycles. The van der Waals surface area contributed by atoms with E-state index in [0.717, 1.165) is 30.6 Å². The number of ether oxygens (including phenoxy) is 2. The molecule has 2 aromatic rings. The second-order valence-corrected chi connectivity index (χ2v) is 9.77. The second-order valence-electron chi connectivity index (χ2n) is 9.33. The number of carbonyl (C=O) groups excluding carboxylic acids is 1. The lowest BCUT2D eigenvalue weighted by Crippen LogP contribution is -2.77. The van der Waals surface area contributed by atoms with E-state index in [1.165, 1.54) is 17.7 Å². The van der Waals surface area contributed by atoms with Gasteiger partial charge in [-0.15, -0.1) is 0 Å². The summed E-state index contributed by atoms with van der Waals surface area (Å²) in [6.07, 6.45) is 7.16. The maximum absolute atomic E-state index is 13.2. The Morgan fingerprint density at radius 3 is 2.54 bits per heavy atom. The molecule has 7 nitrogen and oxygen atoms in total. The van der Waals surface area contributed by atoms with Gasteiger partial charge in [0.05, 0.1) is 19.1 Å². The number of anilines is 1. The number of quaternary nitrogens is 1. The number of benzene rings is 2. The van der Waals surface area contributed by atoms with E-state index in [9.17, 15) is 4.79 Å². The number of nitrogens with two attached hydrogens (primary N) is 1. The van der Waals surface area contributed by atoms with Crippen molar-refractivity contribution in [3.63, 3.8) is 0 Å². The first-order valence-corrected chi connectivity index (χ1v) is 12.1. The molecule has 0 bridgehead atoms. The number of nitrogens with one attached hydrogen (secondary N) is 1. The second kappa shape index (κ2) is 10.6. The predicted molar refractivity (Wildman–Crippen MR) is 139 cm³/mol. The van der Waals surface area contributed by atoms with Crippen molar-refractivity contribution in [1.29, 1.82) is 5.41 Å². The molecule has 0 atom stereocenters. The molecule has 0 spiro atoms. The molecular formula is C27H32ClN4O3+. The summed E-state index contributed by atoms with van der Waals surface area (Å²) in [5.41, 5.74) is 2.82. The van der Waals surface area contributed by atoms with E-state index in [4.69, 9.17) is 26.5 Å². The van der Waals surface area contributed by atoms with Crippen LogP contribution in [0.25, 0.3) is 5.57 Å². The first kappa shape index (κ1) is 25.0. The monoisotopic (exact) mass is 495 g/mol. The minimum absolute atomic E-state index is 0.0866. The third kappa shape index (κ3) is 5.59. The van der Waals surface area contributed by atoms with Crippen LogP contribution in [-0.4, -0.2) is 49.5 Å². The molecule has 2 aliphatic rings. The largest absolute Gasteiger partial charge is 0.493 e. The molecule has 2 aromatic carbocycles. The Morgan fingerprint density at radius 2 is 1.89 bits per heavy atom. The SMILES string of the molecule is COc1cc(N(C=N)C(=O)C2=CC(c3ccc(Cl)cc3)=C[NH2+]2)ccc1OCC(C)(C)N1CCCC1. The summed E-state index contributed by atoms with van der Waals surface area (Å²) in [5, 5.41) is 10.3. The highest BCUT2D eigenvalue weighted by molar-refractivity contribution is 6.30. The van der Waals surface area contributed by atoms with E-state index in [-0.39, 0.29) is 11.4 Å². The fourth-order valence-corrected chi connectivity index (χ4v) is 4.51. The zero-order valence-electron chi connectivity index (χ0n) is 20.4. The number of amides is 1. The van der Waals surface area contributed by atoms with Gasteiger partial charge in [-0.2, -0.15) is 0 Å². The van der Waals surface area contributed by atoms with E-state index in [1.807, 2.05) is 36.5 Å². The quantitative estimate of drug-likeness (QED) is 0.406. The first-order chi connectivity index (χ1) is 16.8. The molecule has 1 fully saturated rings. The molecule has 3 N–H and O–H groups in total. The summed E-state index contributed by atoms with van der Waals surface area (Å²) in [6, 6.07) is 12.7. The van der Waals surface area contributed by atoms with Crippen molar-refractivity contribution in [3.8, 4) is 11.5 Å². The van der Waals surface area contributed by atoms with Crippen LogP contribution in [0, 0.1) is 5.41 Å². The summed E-state index contributed by atoms with van der Waals surface area (Å²) >= 11 is 5.98. The highest BCUT2D eigenvalue weighted by atomic mass is 35.5. The van der Waals surface area contributed by atoms with Crippen LogP contribution in [0.3, 0.4) is 0 Å². The molecule has 2 heterocycles. The van der Waals surface area contributed by atoms with Crippen molar-refractivity contribution in [2.45, 2.75) is 32.2 Å². The fourth-order valence-electron chi connectivity index (χ4n) is 4.38. The number of nitrogens with zero attached hydrogens (tertiary/aromatic N) is 2. The Hall–Kier alpha value is -3.13. The van der Waals surface area contributed by atoms with E-state index in [2.05, 4.69) is 18.7 Å². The smallest absolute Gasteiger partial charge is 0.317 e. The highest BCUT2D eigenvalue weighted by Gasteiger charge is 2.30. The van der Waals surface area contributed by atoms with Gasteiger partial charge in [-0.1, -0.05) is 23.7 Å². The molecule has 1 saturated heterocycles. The molecule has 0 saturated carbocycles. The number of hydrogen-bond donors (Lipinski definition) is 2. The topological polar surface area (TPSA) is 82.5 Å². The highest BCUT2D eigenvalue weighted by Crippen LogP contribution is 2.33. The van der Waals surface area contributed by atoms with Crippen molar-refractivity contribution in [2.75, 3.05) is 31.7 Å². The van der Waals surface area contributed by atoms with Crippen LogP contribution in [0.2, 0.25) is 5.02 Å². The number of methoxy groups -OCH3 is 1. The summed E-state index contributed by atoms with van der Waals surface area (Å²) in [7, 11) is 1.57. The van der Waals surface area contributed by atoms with Crippen molar-refractivity contribution in [1.82, 2.24) is 4.90 Å². The summed E-state index contributed by atoms with van der Waals surface area (Å²) in [6.45, 7) is 7.07. The Kier molecular flexibility index (Phi) is 7.60. The Balaban J connectivity index is 1.48. The third-order valence-corrected chi connectivity index (χ3v) is 6.75. The number of hydrogen-bond acceptors (Lipinski definition) is 5. The lowest BCUT2D eigenvalue weighted by Gasteiger charge is -2.35. The average Bonchev–Trinajstić information content (AvgIpc) is 3.57.